The molecule has 0 atom stereocenters. The van der Waals surface area contributed by atoms with Gasteiger partial charge in [-0.05, 0) is 6.07 Å². The Hall–Kier alpha value is -1.53. The summed E-state index contributed by atoms with van der Waals surface area (Å²) in [5, 5.41) is 0. The highest BCUT2D eigenvalue weighted by Gasteiger charge is 2.20. The predicted molar refractivity (Wildman–Crippen MR) is 59.9 cm³/mol. The molecule has 6 heteroatoms. The second-order valence-electron chi connectivity index (χ2n) is 3.24. The van der Waals surface area contributed by atoms with Crippen molar-refractivity contribution in [3.05, 3.63) is 17.4 Å². The number of benzene rings is 1. The van der Waals surface area contributed by atoms with Crippen LogP contribution in [0.4, 0.5) is 4.39 Å². The topological polar surface area (TPSA) is 62.9 Å². The molecule has 0 aliphatic carbocycles. The van der Waals surface area contributed by atoms with Gasteiger partial charge in [-0.15, -0.1) is 0 Å². The van der Waals surface area contributed by atoms with Gasteiger partial charge in [0.05, 0.1) is 27.9 Å². The van der Waals surface area contributed by atoms with Crippen LogP contribution < -0.4 is 20.1 Å². The lowest BCUT2D eigenvalue weighted by molar-refractivity contribution is 0.140. The molecule has 0 bridgehead atoms. The molecule has 0 fully saturated rings. The SMILES string of the molecule is COc1cc(CCON)c(OC)c(F)c1OC. The molecule has 0 unspecified atom stereocenters. The van der Waals surface area contributed by atoms with Gasteiger partial charge in [-0.3, -0.25) is 0 Å². The summed E-state index contributed by atoms with van der Waals surface area (Å²) in [7, 11) is 4.19. The van der Waals surface area contributed by atoms with Gasteiger partial charge in [0.15, 0.2) is 11.5 Å². The first-order chi connectivity index (χ1) is 8.19. The summed E-state index contributed by atoms with van der Waals surface area (Å²) in [6.45, 7) is 0.255. The summed E-state index contributed by atoms with van der Waals surface area (Å²) in [6, 6.07) is 1.64. The molecule has 0 aliphatic heterocycles. The van der Waals surface area contributed by atoms with Crippen LogP contribution in [0.25, 0.3) is 0 Å². The molecule has 1 aromatic rings. The van der Waals surface area contributed by atoms with E-state index in [-0.39, 0.29) is 18.1 Å². The van der Waals surface area contributed by atoms with Crippen LogP contribution in [-0.4, -0.2) is 27.9 Å². The minimum absolute atomic E-state index is 0.0155. The molecular formula is C11H16FNO4. The van der Waals surface area contributed by atoms with Crippen molar-refractivity contribution in [3.8, 4) is 17.2 Å². The Morgan fingerprint density at radius 2 is 1.76 bits per heavy atom. The van der Waals surface area contributed by atoms with Gasteiger partial charge in [-0.25, -0.2) is 5.90 Å². The quantitative estimate of drug-likeness (QED) is 0.765. The van der Waals surface area contributed by atoms with E-state index in [1.54, 1.807) is 6.07 Å². The van der Waals surface area contributed by atoms with Gasteiger partial charge in [0.1, 0.15) is 0 Å². The lowest BCUT2D eigenvalue weighted by Crippen LogP contribution is -2.07. The second-order valence-corrected chi connectivity index (χ2v) is 3.24. The molecule has 0 radical (unpaired) electrons. The van der Waals surface area contributed by atoms with Gasteiger partial charge in [0, 0.05) is 12.0 Å². The van der Waals surface area contributed by atoms with Crippen LogP contribution >= 0.6 is 0 Å². The lowest BCUT2D eigenvalue weighted by Gasteiger charge is -2.15. The van der Waals surface area contributed by atoms with E-state index in [4.69, 9.17) is 20.1 Å². The minimum Gasteiger partial charge on any atom is -0.493 e. The maximum atomic E-state index is 14.0. The molecular weight excluding hydrogens is 229 g/mol. The molecule has 0 spiro atoms. The first kappa shape index (κ1) is 13.5. The van der Waals surface area contributed by atoms with E-state index < -0.39 is 5.82 Å². The van der Waals surface area contributed by atoms with Crippen molar-refractivity contribution in [2.24, 2.45) is 5.90 Å². The Morgan fingerprint density at radius 3 is 2.24 bits per heavy atom. The number of halogens is 1. The van der Waals surface area contributed by atoms with Gasteiger partial charge in [0.25, 0.3) is 0 Å². The Labute approximate surface area is 99.2 Å². The van der Waals surface area contributed by atoms with Gasteiger partial charge >= 0.3 is 0 Å². The van der Waals surface area contributed by atoms with Crippen LogP contribution in [0.15, 0.2) is 6.07 Å². The normalized spacial score (nSPS) is 10.2. The van der Waals surface area contributed by atoms with E-state index in [0.717, 1.165) is 0 Å². The van der Waals surface area contributed by atoms with Crippen molar-refractivity contribution < 1.29 is 23.4 Å². The van der Waals surface area contributed by atoms with Crippen LogP contribution in [0.5, 0.6) is 17.2 Å². The van der Waals surface area contributed by atoms with Crippen LogP contribution in [0.3, 0.4) is 0 Å². The smallest absolute Gasteiger partial charge is 0.210 e. The molecule has 96 valence electrons. The standard InChI is InChI=1S/C11H16FNO4/c1-14-8-6-7(4-5-17-13)10(15-2)9(12)11(8)16-3/h6H,4-5,13H2,1-3H3. The average Bonchev–Trinajstić information content (AvgIpc) is 2.35. The molecule has 5 nitrogen and oxygen atoms in total. The van der Waals surface area contributed by atoms with E-state index >= 15 is 0 Å². The first-order valence-corrected chi connectivity index (χ1v) is 4.98. The van der Waals surface area contributed by atoms with Crippen molar-refractivity contribution in [1.29, 1.82) is 0 Å². The number of methoxy groups -OCH3 is 3. The third-order valence-electron chi connectivity index (χ3n) is 2.34. The van der Waals surface area contributed by atoms with Crippen molar-refractivity contribution in [3.63, 3.8) is 0 Å². The minimum atomic E-state index is -0.596. The van der Waals surface area contributed by atoms with E-state index in [1.807, 2.05) is 0 Å². The molecule has 0 saturated carbocycles. The zero-order chi connectivity index (χ0) is 12.8. The van der Waals surface area contributed by atoms with Crippen LogP contribution in [0, 0.1) is 5.82 Å². The number of ether oxygens (including phenoxy) is 3. The van der Waals surface area contributed by atoms with Crippen LogP contribution in [0.1, 0.15) is 5.56 Å². The molecule has 2 N–H and O–H groups in total. The zero-order valence-electron chi connectivity index (χ0n) is 10.1. The third kappa shape index (κ3) is 2.78. The summed E-state index contributed by atoms with van der Waals surface area (Å²) in [6.07, 6.45) is 0.414. The zero-order valence-corrected chi connectivity index (χ0v) is 10.1. The second kappa shape index (κ2) is 6.27. The largest absolute Gasteiger partial charge is 0.493 e. The van der Waals surface area contributed by atoms with E-state index in [0.29, 0.717) is 17.7 Å². The number of hydrogen-bond acceptors (Lipinski definition) is 5. The number of rotatable bonds is 6. The van der Waals surface area contributed by atoms with E-state index in [2.05, 4.69) is 4.84 Å². The van der Waals surface area contributed by atoms with Crippen molar-refractivity contribution >= 4 is 0 Å². The molecule has 17 heavy (non-hydrogen) atoms. The van der Waals surface area contributed by atoms with Gasteiger partial charge in [-0.1, -0.05) is 0 Å². The number of nitrogens with two attached hydrogens (primary N) is 1. The monoisotopic (exact) mass is 245 g/mol. The fourth-order valence-corrected chi connectivity index (χ4v) is 1.56. The third-order valence-corrected chi connectivity index (χ3v) is 2.34. The van der Waals surface area contributed by atoms with E-state index in [1.165, 1.54) is 21.3 Å². The van der Waals surface area contributed by atoms with E-state index in [9.17, 15) is 4.39 Å². The predicted octanol–water partition coefficient (Wildman–Crippen LogP) is 1.28. The molecule has 0 aromatic heterocycles. The molecule has 0 saturated heterocycles. The summed E-state index contributed by atoms with van der Waals surface area (Å²) in [5.41, 5.74) is 0.605. The van der Waals surface area contributed by atoms with Gasteiger partial charge in [-0.2, -0.15) is 4.39 Å². The molecule has 1 rings (SSSR count). The van der Waals surface area contributed by atoms with Gasteiger partial charge < -0.3 is 19.0 Å². The van der Waals surface area contributed by atoms with Gasteiger partial charge in [0.2, 0.25) is 11.6 Å². The van der Waals surface area contributed by atoms with Crippen LogP contribution in [-0.2, 0) is 11.3 Å². The lowest BCUT2D eigenvalue weighted by atomic mass is 10.1. The molecule has 0 aliphatic rings. The average molecular weight is 245 g/mol. The summed E-state index contributed by atoms with van der Waals surface area (Å²) in [5.74, 6) is 4.78. The van der Waals surface area contributed by atoms with Crippen molar-refractivity contribution in [1.82, 2.24) is 0 Å². The molecule has 1 aromatic carbocycles. The maximum absolute atomic E-state index is 14.0. The Morgan fingerprint density at radius 1 is 1.12 bits per heavy atom. The highest BCUT2D eigenvalue weighted by Crippen LogP contribution is 2.38. The molecule has 0 heterocycles. The first-order valence-electron chi connectivity index (χ1n) is 4.98. The molecule has 0 amide bonds. The summed E-state index contributed by atoms with van der Waals surface area (Å²) < 4.78 is 29.0. The fraction of sp³-hybridized carbons (Fsp3) is 0.455. The van der Waals surface area contributed by atoms with Crippen LogP contribution in [0.2, 0.25) is 0 Å². The Bertz CT molecular complexity index is 384. The highest BCUT2D eigenvalue weighted by molar-refractivity contribution is 5.52. The maximum Gasteiger partial charge on any atom is 0.210 e. The van der Waals surface area contributed by atoms with Crippen molar-refractivity contribution in [2.45, 2.75) is 6.42 Å². The highest BCUT2D eigenvalue weighted by atomic mass is 19.1. The Balaban J connectivity index is 3.24. The summed E-state index contributed by atoms with van der Waals surface area (Å²) in [4.78, 5) is 4.47. The Kier molecular flexibility index (Phi) is 4.99. The fourth-order valence-electron chi connectivity index (χ4n) is 1.56. The van der Waals surface area contributed by atoms with Crippen molar-refractivity contribution in [2.75, 3.05) is 27.9 Å². The summed E-state index contributed by atoms with van der Waals surface area (Å²) >= 11 is 0. The number of hydrogen-bond donors (Lipinski definition) is 1.